The Hall–Kier alpha value is -2.64. The van der Waals surface area contributed by atoms with E-state index in [1.807, 2.05) is 27.7 Å². The van der Waals surface area contributed by atoms with E-state index in [2.05, 4.69) is 5.32 Å². The summed E-state index contributed by atoms with van der Waals surface area (Å²) in [4.78, 5) is 52.8. The van der Waals surface area contributed by atoms with Crippen molar-refractivity contribution in [3.05, 3.63) is 33.7 Å². The number of nitrogens with zero attached hydrogens (tertiary/aromatic N) is 2. The number of ether oxygens (including phenoxy) is 1. The van der Waals surface area contributed by atoms with Gasteiger partial charge >= 0.3 is 5.97 Å². The first-order chi connectivity index (χ1) is 14.2. The fraction of sp³-hybridized carbons (Fsp3) is 0.636. The third kappa shape index (κ3) is 5.49. The summed E-state index contributed by atoms with van der Waals surface area (Å²) >= 11 is 0. The Morgan fingerprint density at radius 2 is 1.80 bits per heavy atom. The Morgan fingerprint density at radius 1 is 1.13 bits per heavy atom. The quantitative estimate of drug-likeness (QED) is 0.685. The smallest absolute Gasteiger partial charge is 0.328 e. The minimum absolute atomic E-state index is 0.0593. The Bertz CT molecular complexity index is 844. The maximum atomic E-state index is 13.3. The van der Waals surface area contributed by atoms with Crippen LogP contribution in [0.2, 0.25) is 0 Å². The average molecular weight is 420 g/mol. The zero-order valence-electron chi connectivity index (χ0n) is 18.6. The summed E-state index contributed by atoms with van der Waals surface area (Å²) in [6.07, 6.45) is 5.01. The van der Waals surface area contributed by atoms with Gasteiger partial charge in [-0.3, -0.25) is 14.4 Å². The van der Waals surface area contributed by atoms with E-state index in [4.69, 9.17) is 4.74 Å². The van der Waals surface area contributed by atoms with Crippen molar-refractivity contribution >= 4 is 17.8 Å². The number of carbonyl (C=O) groups is 3. The molecule has 166 valence electrons. The van der Waals surface area contributed by atoms with E-state index < -0.39 is 29.3 Å². The molecule has 2 amide bonds. The molecule has 0 saturated carbocycles. The van der Waals surface area contributed by atoms with Crippen molar-refractivity contribution in [2.24, 2.45) is 5.92 Å². The fourth-order valence-electron chi connectivity index (χ4n) is 3.41. The molecule has 30 heavy (non-hydrogen) atoms. The molecule has 0 bridgehead atoms. The highest BCUT2D eigenvalue weighted by Crippen LogP contribution is 2.21. The fourth-order valence-corrected chi connectivity index (χ4v) is 3.41. The molecule has 1 aromatic heterocycles. The van der Waals surface area contributed by atoms with Crippen LogP contribution in [0, 0.1) is 5.92 Å². The topological polar surface area (TPSA) is 97.7 Å². The predicted octanol–water partition coefficient (Wildman–Crippen LogP) is 2.37. The zero-order valence-corrected chi connectivity index (χ0v) is 18.6. The Kier molecular flexibility index (Phi) is 8.20. The van der Waals surface area contributed by atoms with Gasteiger partial charge in [0.2, 0.25) is 5.43 Å². The van der Waals surface area contributed by atoms with E-state index in [1.54, 1.807) is 11.5 Å². The Labute approximate surface area is 177 Å². The summed E-state index contributed by atoms with van der Waals surface area (Å²) in [5, 5.41) is 2.74. The lowest BCUT2D eigenvalue weighted by Gasteiger charge is -2.34. The molecule has 8 heteroatoms. The minimum Gasteiger partial charge on any atom is -0.464 e. The van der Waals surface area contributed by atoms with Gasteiger partial charge in [-0.15, -0.1) is 0 Å². The van der Waals surface area contributed by atoms with Crippen molar-refractivity contribution in [1.82, 2.24) is 14.8 Å². The van der Waals surface area contributed by atoms with Crippen molar-refractivity contribution in [2.45, 2.75) is 66.0 Å². The maximum Gasteiger partial charge on any atom is 0.328 e. The monoisotopic (exact) mass is 419 g/mol. The lowest BCUT2D eigenvalue weighted by atomic mass is 10.0. The number of amides is 2. The predicted molar refractivity (Wildman–Crippen MR) is 114 cm³/mol. The van der Waals surface area contributed by atoms with Crippen LogP contribution in [0.15, 0.2) is 17.2 Å². The van der Waals surface area contributed by atoms with Crippen LogP contribution in [0.3, 0.4) is 0 Å². The number of rotatable bonds is 7. The molecule has 0 aliphatic carbocycles. The molecular weight excluding hydrogens is 386 g/mol. The molecule has 2 heterocycles. The van der Waals surface area contributed by atoms with Crippen molar-refractivity contribution in [2.75, 3.05) is 19.7 Å². The second kappa shape index (κ2) is 10.4. The molecule has 8 nitrogen and oxygen atoms in total. The van der Waals surface area contributed by atoms with Crippen LogP contribution in [0.4, 0.5) is 0 Å². The average Bonchev–Trinajstić information content (AvgIpc) is 2.71. The van der Waals surface area contributed by atoms with E-state index in [0.717, 1.165) is 12.8 Å². The summed E-state index contributed by atoms with van der Waals surface area (Å²) < 4.78 is 6.81. The molecule has 1 aliphatic rings. The third-order valence-corrected chi connectivity index (χ3v) is 5.11. The summed E-state index contributed by atoms with van der Waals surface area (Å²) in [6.45, 7) is 10.4. The largest absolute Gasteiger partial charge is 0.464 e. The van der Waals surface area contributed by atoms with Crippen molar-refractivity contribution in [1.29, 1.82) is 0 Å². The molecule has 0 spiro atoms. The van der Waals surface area contributed by atoms with Crippen molar-refractivity contribution in [3.63, 3.8) is 0 Å². The summed E-state index contributed by atoms with van der Waals surface area (Å²) in [7, 11) is 0. The molecule has 1 aliphatic heterocycles. The first kappa shape index (κ1) is 23.6. The van der Waals surface area contributed by atoms with Crippen molar-refractivity contribution < 1.29 is 19.1 Å². The Balaban J connectivity index is 2.45. The van der Waals surface area contributed by atoms with Crippen LogP contribution in [0.1, 0.15) is 80.6 Å². The highest BCUT2D eigenvalue weighted by Gasteiger charge is 2.35. The lowest BCUT2D eigenvalue weighted by molar-refractivity contribution is -0.149. The number of hydrogen-bond donors (Lipinski definition) is 1. The van der Waals surface area contributed by atoms with Crippen LogP contribution in [0.5, 0.6) is 0 Å². The molecule has 0 unspecified atom stereocenters. The molecule has 1 saturated heterocycles. The molecule has 0 aromatic carbocycles. The van der Waals surface area contributed by atoms with Gasteiger partial charge in [0.15, 0.2) is 0 Å². The van der Waals surface area contributed by atoms with Gasteiger partial charge in [0, 0.05) is 31.5 Å². The second-order valence-electron chi connectivity index (χ2n) is 8.32. The maximum absolute atomic E-state index is 13.3. The first-order valence-corrected chi connectivity index (χ1v) is 10.7. The number of carbonyl (C=O) groups excluding carboxylic acids is 3. The molecule has 0 radical (unpaired) electrons. The van der Waals surface area contributed by atoms with Gasteiger partial charge in [0.1, 0.15) is 17.2 Å². The van der Waals surface area contributed by atoms with Crippen LogP contribution in [0.25, 0.3) is 0 Å². The van der Waals surface area contributed by atoms with Gasteiger partial charge in [-0.05, 0) is 46.0 Å². The SMILES string of the molecule is CCOC(=O)[C@H]1CCCCN1C(=O)c1cn(C(C)C)cc(C(=O)NCC(C)C)c1=O. The molecule has 1 atom stereocenters. The molecule has 1 aromatic rings. The first-order valence-electron chi connectivity index (χ1n) is 10.7. The number of aromatic nitrogens is 1. The summed E-state index contributed by atoms with van der Waals surface area (Å²) in [5.74, 6) is -1.27. The summed E-state index contributed by atoms with van der Waals surface area (Å²) in [6, 6.07) is -0.771. The molecular formula is C22H33N3O5. The summed E-state index contributed by atoms with van der Waals surface area (Å²) in [5.41, 5.74) is -0.789. The normalized spacial score (nSPS) is 16.6. The number of nitrogens with one attached hydrogen (secondary N) is 1. The zero-order chi connectivity index (χ0) is 22.4. The van der Waals surface area contributed by atoms with E-state index in [9.17, 15) is 19.2 Å². The van der Waals surface area contributed by atoms with Crippen molar-refractivity contribution in [3.8, 4) is 0 Å². The van der Waals surface area contributed by atoms with E-state index in [-0.39, 0.29) is 29.7 Å². The van der Waals surface area contributed by atoms with Gasteiger partial charge in [-0.1, -0.05) is 13.8 Å². The van der Waals surface area contributed by atoms with Crippen LogP contribution >= 0.6 is 0 Å². The minimum atomic E-state index is -0.712. The number of likely N-dealkylation sites (tertiary alicyclic amines) is 1. The van der Waals surface area contributed by atoms with Gasteiger partial charge in [-0.2, -0.15) is 0 Å². The van der Waals surface area contributed by atoms with Crippen LogP contribution in [-0.4, -0.2) is 53.0 Å². The molecule has 1 N–H and O–H groups in total. The van der Waals surface area contributed by atoms with Crippen LogP contribution in [-0.2, 0) is 9.53 Å². The van der Waals surface area contributed by atoms with E-state index in [1.165, 1.54) is 17.3 Å². The molecule has 1 fully saturated rings. The Morgan fingerprint density at radius 3 is 2.40 bits per heavy atom. The lowest BCUT2D eigenvalue weighted by Crippen LogP contribution is -2.50. The molecule has 2 rings (SSSR count). The van der Waals surface area contributed by atoms with E-state index in [0.29, 0.717) is 19.5 Å². The van der Waals surface area contributed by atoms with E-state index >= 15 is 0 Å². The van der Waals surface area contributed by atoms with Gasteiger partial charge in [0.25, 0.3) is 11.8 Å². The second-order valence-corrected chi connectivity index (χ2v) is 8.32. The third-order valence-electron chi connectivity index (χ3n) is 5.11. The van der Waals surface area contributed by atoms with Gasteiger partial charge in [0.05, 0.1) is 6.61 Å². The van der Waals surface area contributed by atoms with Gasteiger partial charge < -0.3 is 19.5 Å². The number of pyridine rings is 1. The number of piperidine rings is 1. The highest BCUT2D eigenvalue weighted by molar-refractivity contribution is 6.00. The van der Waals surface area contributed by atoms with Gasteiger partial charge in [-0.25, -0.2) is 4.79 Å². The number of hydrogen-bond acceptors (Lipinski definition) is 5. The van der Waals surface area contributed by atoms with Crippen LogP contribution < -0.4 is 10.7 Å². The standard InChI is InChI=1S/C22H33N3O5/c1-6-30-22(29)18-9-7-8-10-25(18)21(28)17-13-24(15(4)5)12-16(19(17)26)20(27)23-11-14(2)3/h12-15,18H,6-11H2,1-5H3,(H,23,27)/t18-/m1/s1. The highest BCUT2D eigenvalue weighted by atomic mass is 16.5. The number of esters is 1.